The molecule has 1 heterocycles. The molecule has 1 aromatic heterocycles. The number of methoxy groups -OCH3 is 1. The Morgan fingerprint density at radius 2 is 2.15 bits per heavy atom. The van der Waals surface area contributed by atoms with Gasteiger partial charge >= 0.3 is 0 Å². The smallest absolute Gasteiger partial charge is 0.119 e. The molecule has 0 radical (unpaired) electrons. The lowest BCUT2D eigenvalue weighted by atomic mass is 10.2. The Balaban J connectivity index is 1.77. The largest absolute Gasteiger partial charge is 0.497 e. The Labute approximate surface area is 118 Å². The van der Waals surface area contributed by atoms with Crippen molar-refractivity contribution in [2.75, 3.05) is 19.0 Å². The van der Waals surface area contributed by atoms with Crippen molar-refractivity contribution >= 4 is 5.69 Å². The molecule has 3 rings (SSSR count). The Hall–Kier alpha value is -2.01. The van der Waals surface area contributed by atoms with E-state index in [1.165, 1.54) is 12.8 Å². The minimum Gasteiger partial charge on any atom is -0.497 e. The molecule has 1 saturated carbocycles. The zero-order valence-electron chi connectivity index (χ0n) is 11.6. The quantitative estimate of drug-likeness (QED) is 0.847. The average molecular weight is 272 g/mol. The maximum absolute atomic E-state index is 5.93. The first-order valence-corrected chi connectivity index (χ1v) is 6.94. The van der Waals surface area contributed by atoms with Crippen LogP contribution >= 0.6 is 0 Å². The third-order valence-corrected chi connectivity index (χ3v) is 3.66. The number of ether oxygens (including phenoxy) is 1. The van der Waals surface area contributed by atoms with Gasteiger partial charge in [-0.2, -0.15) is 0 Å². The van der Waals surface area contributed by atoms with Gasteiger partial charge in [0.05, 0.1) is 31.4 Å². The van der Waals surface area contributed by atoms with Crippen molar-refractivity contribution in [3.05, 3.63) is 42.5 Å². The van der Waals surface area contributed by atoms with Crippen LogP contribution in [-0.4, -0.2) is 23.2 Å². The lowest BCUT2D eigenvalue weighted by Crippen LogP contribution is -2.23. The van der Waals surface area contributed by atoms with Crippen LogP contribution < -0.4 is 15.8 Å². The van der Waals surface area contributed by atoms with Crippen molar-refractivity contribution < 1.29 is 4.74 Å². The van der Waals surface area contributed by atoms with Gasteiger partial charge in [-0.1, -0.05) is 0 Å². The molecule has 106 valence electrons. The summed E-state index contributed by atoms with van der Waals surface area (Å²) in [5, 5.41) is 3.46. The van der Waals surface area contributed by atoms with Gasteiger partial charge in [0.2, 0.25) is 0 Å². The summed E-state index contributed by atoms with van der Waals surface area (Å²) in [6.07, 6.45) is 6.30. The molecule has 0 amide bonds. The zero-order valence-corrected chi connectivity index (χ0v) is 11.6. The molecule has 1 aliphatic rings. The van der Waals surface area contributed by atoms with Crippen molar-refractivity contribution in [3.8, 4) is 5.75 Å². The van der Waals surface area contributed by atoms with Gasteiger partial charge in [-0.25, -0.2) is 4.98 Å². The van der Waals surface area contributed by atoms with Crippen LogP contribution in [0.4, 0.5) is 5.69 Å². The highest BCUT2D eigenvalue weighted by molar-refractivity contribution is 5.48. The first kappa shape index (κ1) is 13.0. The van der Waals surface area contributed by atoms with Crippen LogP contribution in [0.25, 0.3) is 0 Å². The monoisotopic (exact) mass is 272 g/mol. The summed E-state index contributed by atoms with van der Waals surface area (Å²) in [4.78, 5) is 4.27. The van der Waals surface area contributed by atoms with E-state index in [4.69, 9.17) is 10.5 Å². The van der Waals surface area contributed by atoms with E-state index in [0.717, 1.165) is 17.1 Å². The van der Waals surface area contributed by atoms with Crippen LogP contribution in [0.5, 0.6) is 5.75 Å². The van der Waals surface area contributed by atoms with Crippen molar-refractivity contribution in [1.82, 2.24) is 9.55 Å². The maximum Gasteiger partial charge on any atom is 0.119 e. The van der Waals surface area contributed by atoms with Gasteiger partial charge in [0.1, 0.15) is 5.75 Å². The van der Waals surface area contributed by atoms with E-state index in [1.54, 1.807) is 7.11 Å². The van der Waals surface area contributed by atoms with E-state index in [-0.39, 0.29) is 6.04 Å². The first-order chi connectivity index (χ1) is 9.81. The predicted molar refractivity (Wildman–Crippen MR) is 78.9 cm³/mol. The van der Waals surface area contributed by atoms with Crippen LogP contribution in [-0.2, 0) is 0 Å². The van der Waals surface area contributed by atoms with Gasteiger partial charge in [-0.3, -0.25) is 0 Å². The van der Waals surface area contributed by atoms with Crippen LogP contribution in [0.15, 0.2) is 36.8 Å². The van der Waals surface area contributed by atoms with Crippen LogP contribution in [0.2, 0.25) is 0 Å². The summed E-state index contributed by atoms with van der Waals surface area (Å²) in [5.74, 6) is 0.850. The number of hydrogen-bond donors (Lipinski definition) is 2. The number of imidazole rings is 1. The number of anilines is 1. The summed E-state index contributed by atoms with van der Waals surface area (Å²) in [6.45, 7) is 0.532. The molecule has 1 aromatic carbocycles. The Morgan fingerprint density at radius 3 is 2.75 bits per heavy atom. The number of rotatable bonds is 6. The standard InChI is InChI=1S/C15H20N4O/c1-20-13-6-2-11(3-7-13)18-14(8-16)15-9-17-10-19(15)12-4-5-12/h2-3,6-7,9-10,12,14,18H,4-5,8,16H2,1H3. The maximum atomic E-state index is 5.93. The van der Waals surface area contributed by atoms with E-state index >= 15 is 0 Å². The molecule has 5 nitrogen and oxygen atoms in total. The van der Waals surface area contributed by atoms with Gasteiger partial charge in [0, 0.05) is 18.3 Å². The van der Waals surface area contributed by atoms with Gasteiger partial charge in [0.15, 0.2) is 0 Å². The summed E-state index contributed by atoms with van der Waals surface area (Å²) < 4.78 is 7.41. The zero-order chi connectivity index (χ0) is 13.9. The summed E-state index contributed by atoms with van der Waals surface area (Å²) in [6, 6.07) is 8.56. The van der Waals surface area contributed by atoms with E-state index in [0.29, 0.717) is 12.6 Å². The molecule has 1 fully saturated rings. The second-order valence-electron chi connectivity index (χ2n) is 5.12. The molecule has 3 N–H and O–H groups in total. The Kier molecular flexibility index (Phi) is 3.60. The number of benzene rings is 1. The minimum atomic E-state index is 0.0755. The fourth-order valence-corrected chi connectivity index (χ4v) is 2.38. The van der Waals surface area contributed by atoms with Gasteiger partial charge in [-0.15, -0.1) is 0 Å². The summed E-state index contributed by atoms with van der Waals surface area (Å²) in [7, 11) is 1.67. The normalized spacial score (nSPS) is 15.9. The number of nitrogens with zero attached hydrogens (tertiary/aromatic N) is 2. The molecular formula is C15H20N4O. The van der Waals surface area contributed by atoms with E-state index in [9.17, 15) is 0 Å². The van der Waals surface area contributed by atoms with E-state index < -0.39 is 0 Å². The van der Waals surface area contributed by atoms with Crippen LogP contribution in [0.1, 0.15) is 30.6 Å². The summed E-state index contributed by atoms with van der Waals surface area (Å²) >= 11 is 0. The first-order valence-electron chi connectivity index (χ1n) is 6.94. The van der Waals surface area contributed by atoms with Gasteiger partial charge < -0.3 is 20.4 Å². The van der Waals surface area contributed by atoms with Crippen molar-refractivity contribution in [2.45, 2.75) is 24.9 Å². The number of aromatic nitrogens is 2. The number of nitrogens with two attached hydrogens (primary N) is 1. The molecule has 1 aliphatic carbocycles. The Bertz CT molecular complexity index is 560. The third-order valence-electron chi connectivity index (χ3n) is 3.66. The molecular weight excluding hydrogens is 252 g/mol. The molecule has 5 heteroatoms. The topological polar surface area (TPSA) is 65.1 Å². The number of hydrogen-bond acceptors (Lipinski definition) is 4. The molecule has 0 bridgehead atoms. The second-order valence-corrected chi connectivity index (χ2v) is 5.12. The highest BCUT2D eigenvalue weighted by Gasteiger charge is 2.27. The van der Waals surface area contributed by atoms with Gasteiger partial charge in [0.25, 0.3) is 0 Å². The van der Waals surface area contributed by atoms with Gasteiger partial charge in [-0.05, 0) is 37.1 Å². The molecule has 1 unspecified atom stereocenters. The molecule has 0 spiro atoms. The second kappa shape index (κ2) is 5.54. The predicted octanol–water partition coefficient (Wildman–Crippen LogP) is 2.34. The van der Waals surface area contributed by atoms with Crippen molar-refractivity contribution in [1.29, 1.82) is 0 Å². The highest BCUT2D eigenvalue weighted by Crippen LogP contribution is 2.37. The highest BCUT2D eigenvalue weighted by atomic mass is 16.5. The molecule has 1 atom stereocenters. The summed E-state index contributed by atoms with van der Waals surface area (Å²) in [5.41, 5.74) is 8.12. The minimum absolute atomic E-state index is 0.0755. The Morgan fingerprint density at radius 1 is 1.40 bits per heavy atom. The number of nitrogens with one attached hydrogen (secondary N) is 1. The molecule has 20 heavy (non-hydrogen) atoms. The van der Waals surface area contributed by atoms with E-state index in [2.05, 4.69) is 14.9 Å². The lowest BCUT2D eigenvalue weighted by molar-refractivity contribution is 0.415. The van der Waals surface area contributed by atoms with Crippen LogP contribution in [0.3, 0.4) is 0 Å². The third kappa shape index (κ3) is 2.63. The lowest BCUT2D eigenvalue weighted by Gasteiger charge is -2.20. The van der Waals surface area contributed by atoms with Crippen molar-refractivity contribution in [2.24, 2.45) is 5.73 Å². The molecule has 2 aromatic rings. The average Bonchev–Trinajstić information content (AvgIpc) is 3.23. The van der Waals surface area contributed by atoms with E-state index in [1.807, 2.05) is 36.8 Å². The molecule has 0 saturated heterocycles. The fraction of sp³-hybridized carbons (Fsp3) is 0.400. The molecule has 0 aliphatic heterocycles. The van der Waals surface area contributed by atoms with Crippen molar-refractivity contribution in [3.63, 3.8) is 0 Å². The fourth-order valence-electron chi connectivity index (χ4n) is 2.38. The van der Waals surface area contributed by atoms with Crippen LogP contribution in [0, 0.1) is 0 Å². The SMILES string of the molecule is COc1ccc(NC(CN)c2cncn2C2CC2)cc1.